The highest BCUT2D eigenvalue weighted by atomic mass is 32.1. The van der Waals surface area contributed by atoms with Gasteiger partial charge < -0.3 is 0 Å². The van der Waals surface area contributed by atoms with Crippen LogP contribution in [0.25, 0.3) is 51.3 Å². The van der Waals surface area contributed by atoms with Gasteiger partial charge in [0.2, 0.25) is 0 Å². The van der Waals surface area contributed by atoms with Gasteiger partial charge in [-0.15, -0.1) is 45.3 Å². The van der Waals surface area contributed by atoms with Gasteiger partial charge in [0.15, 0.2) is 0 Å². The van der Waals surface area contributed by atoms with Crippen molar-refractivity contribution in [2.75, 3.05) is 0 Å². The van der Waals surface area contributed by atoms with Crippen LogP contribution in [0.4, 0.5) is 0 Å². The Morgan fingerprint density at radius 1 is 0.316 bits per heavy atom. The SMILES string of the molecule is CCCCCCCCc1ccsc1-c1sc(-c2sc(-c3sccc3CCCCCCCC)c3nc(CC(CC)CCCC)c(CC(CC)CCCC)nc23)c2nc(CC(CC)CCCC)c(CC(CC)CCCC)nc12. The minimum atomic E-state index is 0.609. The van der Waals surface area contributed by atoms with E-state index in [1.165, 1.54) is 243 Å². The Kier molecular flexibility index (Phi) is 28.5. The Morgan fingerprint density at radius 2 is 0.579 bits per heavy atom. The summed E-state index contributed by atoms with van der Waals surface area (Å²) in [7, 11) is 0. The average Bonchev–Trinajstić information content (AvgIpc) is 4.30. The molecular formula is C68H106N4S4. The second-order valence-corrected chi connectivity index (χ2v) is 27.1. The highest BCUT2D eigenvalue weighted by molar-refractivity contribution is 7.30. The minimum Gasteiger partial charge on any atom is -0.248 e. The van der Waals surface area contributed by atoms with Crippen molar-refractivity contribution in [2.45, 2.75) is 288 Å². The fourth-order valence-electron chi connectivity index (χ4n) is 11.8. The van der Waals surface area contributed by atoms with Crippen LogP contribution in [0.2, 0.25) is 0 Å². The van der Waals surface area contributed by atoms with E-state index in [1.54, 1.807) is 0 Å². The lowest BCUT2D eigenvalue weighted by atomic mass is 9.89. The van der Waals surface area contributed by atoms with Gasteiger partial charge in [-0.2, -0.15) is 0 Å². The molecule has 0 aliphatic rings. The average molecular weight is 1110 g/mol. The monoisotopic (exact) mass is 1110 g/mol. The van der Waals surface area contributed by atoms with Crippen molar-refractivity contribution < 1.29 is 0 Å². The fourth-order valence-corrected chi connectivity index (χ4v) is 16.6. The second kappa shape index (κ2) is 34.6. The van der Waals surface area contributed by atoms with Crippen LogP contribution in [0.1, 0.15) is 283 Å². The van der Waals surface area contributed by atoms with Crippen LogP contribution in [0, 0.1) is 23.7 Å². The lowest BCUT2D eigenvalue weighted by molar-refractivity contribution is 0.427. The number of nitrogens with zero attached hydrogens (tertiary/aromatic N) is 4. The molecule has 0 aliphatic carbocycles. The maximum absolute atomic E-state index is 6.07. The summed E-state index contributed by atoms with van der Waals surface area (Å²) in [5.41, 5.74) is 12.6. The smallest absolute Gasteiger partial charge is 0.109 e. The molecule has 8 heteroatoms. The molecule has 6 aromatic heterocycles. The largest absolute Gasteiger partial charge is 0.248 e. The summed E-state index contributed by atoms with van der Waals surface area (Å²) in [6.45, 7) is 23.7. The molecule has 6 aromatic rings. The normalized spacial score (nSPS) is 13.7. The first-order chi connectivity index (χ1) is 37.3. The first-order valence-electron chi connectivity index (χ1n) is 32.1. The molecule has 0 radical (unpaired) electrons. The molecule has 0 aromatic carbocycles. The third kappa shape index (κ3) is 17.7. The summed E-state index contributed by atoms with van der Waals surface area (Å²) >= 11 is 7.85. The number of aryl methyl sites for hydroxylation is 2. The zero-order chi connectivity index (χ0) is 54.1. The van der Waals surface area contributed by atoms with E-state index >= 15 is 0 Å². The van der Waals surface area contributed by atoms with Crippen LogP contribution < -0.4 is 0 Å². The van der Waals surface area contributed by atoms with Crippen molar-refractivity contribution in [3.05, 3.63) is 56.8 Å². The Bertz CT molecular complexity index is 2370. The molecule has 4 nitrogen and oxygen atoms in total. The maximum Gasteiger partial charge on any atom is 0.109 e. The van der Waals surface area contributed by atoms with Gasteiger partial charge in [-0.3, -0.25) is 0 Å². The van der Waals surface area contributed by atoms with Crippen molar-refractivity contribution in [1.82, 2.24) is 19.9 Å². The van der Waals surface area contributed by atoms with Gasteiger partial charge in [-0.25, -0.2) is 19.9 Å². The van der Waals surface area contributed by atoms with Crippen LogP contribution in [0.3, 0.4) is 0 Å². The molecule has 4 unspecified atom stereocenters. The van der Waals surface area contributed by atoms with Crippen molar-refractivity contribution in [3.63, 3.8) is 0 Å². The van der Waals surface area contributed by atoms with E-state index in [2.05, 4.69) is 92.1 Å². The molecule has 0 aliphatic heterocycles. The number of thiophene rings is 4. The van der Waals surface area contributed by atoms with Crippen LogP contribution in [0.15, 0.2) is 22.9 Å². The Morgan fingerprint density at radius 3 is 0.855 bits per heavy atom. The topological polar surface area (TPSA) is 51.6 Å². The zero-order valence-corrected chi connectivity index (χ0v) is 53.3. The van der Waals surface area contributed by atoms with E-state index in [1.807, 2.05) is 45.3 Å². The van der Waals surface area contributed by atoms with Gasteiger partial charge in [0.1, 0.15) is 22.1 Å². The third-order valence-electron chi connectivity index (χ3n) is 17.2. The number of hydrogen-bond donors (Lipinski definition) is 0. The van der Waals surface area contributed by atoms with Gasteiger partial charge >= 0.3 is 0 Å². The highest BCUT2D eigenvalue weighted by Crippen LogP contribution is 2.53. The maximum atomic E-state index is 6.07. The summed E-state index contributed by atoms with van der Waals surface area (Å²) in [5.74, 6) is 2.46. The summed E-state index contributed by atoms with van der Waals surface area (Å²) < 4.78 is 0. The first kappa shape index (κ1) is 62.7. The number of fused-ring (bicyclic) bond motifs is 2. The van der Waals surface area contributed by atoms with Gasteiger partial charge in [-0.05, 0) is 109 Å². The molecule has 6 rings (SSSR count). The number of hydrogen-bond acceptors (Lipinski definition) is 8. The molecule has 0 fully saturated rings. The van der Waals surface area contributed by atoms with Crippen LogP contribution in [-0.4, -0.2) is 19.9 Å². The van der Waals surface area contributed by atoms with Gasteiger partial charge in [-0.1, -0.05) is 236 Å². The van der Waals surface area contributed by atoms with E-state index in [4.69, 9.17) is 19.9 Å². The predicted molar refractivity (Wildman–Crippen MR) is 343 cm³/mol. The van der Waals surface area contributed by atoms with Crippen molar-refractivity contribution in [1.29, 1.82) is 0 Å². The van der Waals surface area contributed by atoms with E-state index in [0.717, 1.165) is 60.6 Å². The first-order valence-corrected chi connectivity index (χ1v) is 35.5. The third-order valence-corrected chi connectivity index (χ3v) is 21.9. The molecule has 0 amide bonds. The second-order valence-electron chi connectivity index (χ2n) is 23.2. The molecule has 0 saturated carbocycles. The van der Waals surface area contributed by atoms with Crippen LogP contribution in [-0.2, 0) is 38.5 Å². The number of rotatable bonds is 41. The molecule has 422 valence electrons. The van der Waals surface area contributed by atoms with Crippen molar-refractivity contribution in [2.24, 2.45) is 23.7 Å². The van der Waals surface area contributed by atoms with Gasteiger partial charge in [0, 0.05) is 9.75 Å². The van der Waals surface area contributed by atoms with Gasteiger partial charge in [0.25, 0.3) is 0 Å². The summed E-state index contributed by atoms with van der Waals surface area (Å²) in [5, 5.41) is 4.72. The minimum absolute atomic E-state index is 0.609. The fraction of sp³-hybridized carbons (Fsp3) is 0.706. The van der Waals surface area contributed by atoms with E-state index in [-0.39, 0.29) is 0 Å². The van der Waals surface area contributed by atoms with Gasteiger partial charge in [0.05, 0.1) is 42.3 Å². The van der Waals surface area contributed by atoms with Crippen molar-refractivity contribution in [3.8, 4) is 29.3 Å². The molecular weight excluding hydrogens is 1000 g/mol. The standard InChI is InChI=1S/C68H106N4S4/c1-11-21-27-29-31-33-39-53-41-43-73-63(53)65-59-61(71-57(47-51(19-9)37-25-15-5)55(69-59)45-49(17-7)35-23-13-3)67(75-65)68-62-60(66(76-68)64-54(42-44-74-64)40-34-32-30-28-22-12-2)70-56(46-50(18-8)36-24-14-4)58(72-62)48-52(20-10)38-26-16-6/h41-44,49-52H,11-40,45-48H2,1-10H3. The molecule has 0 bridgehead atoms. The lowest BCUT2D eigenvalue weighted by Crippen LogP contribution is -2.13. The molecule has 0 spiro atoms. The summed E-state index contributed by atoms with van der Waals surface area (Å²) in [4.78, 5) is 32.3. The summed E-state index contributed by atoms with van der Waals surface area (Å²) in [6.07, 6.45) is 41.9. The zero-order valence-electron chi connectivity index (χ0n) is 50.1. The molecule has 0 saturated heterocycles. The lowest BCUT2D eigenvalue weighted by Gasteiger charge is -2.20. The number of unbranched alkanes of at least 4 members (excludes halogenated alkanes) is 14. The van der Waals surface area contributed by atoms with E-state index < -0.39 is 0 Å². The van der Waals surface area contributed by atoms with E-state index in [9.17, 15) is 0 Å². The molecule has 76 heavy (non-hydrogen) atoms. The predicted octanol–water partition coefficient (Wildman–Crippen LogP) is 23.7. The number of aromatic nitrogens is 4. The highest BCUT2D eigenvalue weighted by Gasteiger charge is 2.30. The van der Waals surface area contributed by atoms with Crippen LogP contribution >= 0.6 is 45.3 Å². The van der Waals surface area contributed by atoms with Crippen molar-refractivity contribution >= 4 is 67.4 Å². The quantitative estimate of drug-likeness (QED) is 0.0359. The Labute approximate surface area is 481 Å². The summed E-state index contributed by atoms with van der Waals surface area (Å²) in [6, 6.07) is 4.87. The Balaban J connectivity index is 1.65. The van der Waals surface area contributed by atoms with Crippen LogP contribution in [0.5, 0.6) is 0 Å². The molecule has 4 atom stereocenters. The molecule has 6 heterocycles. The van der Waals surface area contributed by atoms with E-state index in [0.29, 0.717) is 23.7 Å². The molecule has 0 N–H and O–H groups in total. The Hall–Kier alpha value is -2.52.